The topological polar surface area (TPSA) is 90.6 Å². The summed E-state index contributed by atoms with van der Waals surface area (Å²) in [4.78, 5) is 24.2. The van der Waals surface area contributed by atoms with Crippen molar-refractivity contribution in [1.29, 1.82) is 0 Å². The smallest absolute Gasteiger partial charge is 0.320 e. The maximum atomic E-state index is 12.1. The number of phenolic OH excluding ortho intramolecular Hbond substituents is 1. The highest BCUT2D eigenvalue weighted by atomic mass is 16.6. The van der Waals surface area contributed by atoms with Gasteiger partial charge >= 0.3 is 11.9 Å². The van der Waals surface area contributed by atoms with Crippen molar-refractivity contribution in [3.05, 3.63) is 36.2 Å². The summed E-state index contributed by atoms with van der Waals surface area (Å²) in [6.07, 6.45) is 3.53. The summed E-state index contributed by atoms with van der Waals surface area (Å²) in [5, 5.41) is 14.3. The number of nitrogens with zero attached hydrogens (tertiary/aromatic N) is 2. The van der Waals surface area contributed by atoms with Crippen molar-refractivity contribution in [1.82, 2.24) is 9.78 Å². The molecule has 7 heteroatoms. The van der Waals surface area contributed by atoms with Crippen molar-refractivity contribution in [3.63, 3.8) is 0 Å². The monoisotopic (exact) mass is 346 g/mol. The number of aromatic hydroxyl groups is 1. The molecule has 0 amide bonds. The zero-order valence-electron chi connectivity index (χ0n) is 14.6. The van der Waals surface area contributed by atoms with Crippen LogP contribution in [0, 0.1) is 5.92 Å². The quantitative estimate of drug-likeness (QED) is 0.610. The summed E-state index contributed by atoms with van der Waals surface area (Å²) in [5.74, 6) is -2.43. The number of carbonyl (C=O) groups is 2. The number of hydrogen-bond donors (Lipinski definition) is 1. The lowest BCUT2D eigenvalue weighted by Crippen LogP contribution is -2.30. The lowest BCUT2D eigenvalue weighted by molar-refractivity contribution is -0.161. The van der Waals surface area contributed by atoms with Gasteiger partial charge in [0.2, 0.25) is 0 Å². The maximum Gasteiger partial charge on any atom is 0.320 e. The SMILES string of the molecule is CCOC(=O)C(Cc1cc(-c2cnn(C)c2)ccc1O)C(=O)OCC. The number of benzene rings is 1. The molecule has 25 heavy (non-hydrogen) atoms. The largest absolute Gasteiger partial charge is 0.508 e. The molecule has 2 rings (SSSR count). The summed E-state index contributed by atoms with van der Waals surface area (Å²) in [5.41, 5.74) is 2.16. The minimum absolute atomic E-state index is 0.00238. The first-order chi connectivity index (χ1) is 12.0. The van der Waals surface area contributed by atoms with Crippen LogP contribution in [0.15, 0.2) is 30.6 Å². The molecule has 0 saturated heterocycles. The average molecular weight is 346 g/mol. The van der Waals surface area contributed by atoms with Crippen LogP contribution in [0.5, 0.6) is 5.75 Å². The van der Waals surface area contributed by atoms with Gasteiger partial charge in [0.05, 0.1) is 19.4 Å². The number of hydrogen-bond acceptors (Lipinski definition) is 6. The Hall–Kier alpha value is -2.83. The van der Waals surface area contributed by atoms with Crippen LogP contribution in [0.4, 0.5) is 0 Å². The molecular formula is C18H22N2O5. The van der Waals surface area contributed by atoms with Gasteiger partial charge in [-0.1, -0.05) is 6.07 Å². The third-order valence-electron chi connectivity index (χ3n) is 3.68. The lowest BCUT2D eigenvalue weighted by atomic mass is 9.96. The van der Waals surface area contributed by atoms with E-state index in [0.717, 1.165) is 11.1 Å². The second kappa shape index (κ2) is 8.32. The van der Waals surface area contributed by atoms with E-state index in [0.29, 0.717) is 5.56 Å². The van der Waals surface area contributed by atoms with Crippen molar-refractivity contribution in [2.75, 3.05) is 13.2 Å². The van der Waals surface area contributed by atoms with Gasteiger partial charge in [-0.2, -0.15) is 5.10 Å². The fourth-order valence-electron chi connectivity index (χ4n) is 2.47. The van der Waals surface area contributed by atoms with Gasteiger partial charge in [-0.25, -0.2) is 0 Å². The van der Waals surface area contributed by atoms with Gasteiger partial charge < -0.3 is 14.6 Å². The van der Waals surface area contributed by atoms with Gasteiger partial charge in [-0.05, 0) is 43.5 Å². The van der Waals surface area contributed by atoms with E-state index >= 15 is 0 Å². The number of phenols is 1. The van der Waals surface area contributed by atoms with Crippen LogP contribution < -0.4 is 0 Å². The molecule has 0 saturated carbocycles. The predicted molar refractivity (Wildman–Crippen MR) is 90.8 cm³/mol. The van der Waals surface area contributed by atoms with Gasteiger partial charge in [0.1, 0.15) is 5.75 Å². The first-order valence-electron chi connectivity index (χ1n) is 8.10. The van der Waals surface area contributed by atoms with Crippen LogP contribution in [-0.2, 0) is 32.5 Å². The molecule has 2 aromatic rings. The molecule has 1 heterocycles. The van der Waals surface area contributed by atoms with Crippen molar-refractivity contribution in [2.24, 2.45) is 13.0 Å². The lowest BCUT2D eigenvalue weighted by Gasteiger charge is -2.15. The molecule has 0 atom stereocenters. The van der Waals surface area contributed by atoms with Crippen LogP contribution >= 0.6 is 0 Å². The number of carbonyl (C=O) groups excluding carboxylic acids is 2. The first-order valence-corrected chi connectivity index (χ1v) is 8.10. The number of aryl methyl sites for hydroxylation is 1. The fourth-order valence-corrected chi connectivity index (χ4v) is 2.47. The molecule has 1 aromatic carbocycles. The van der Waals surface area contributed by atoms with E-state index in [9.17, 15) is 14.7 Å². The highest BCUT2D eigenvalue weighted by molar-refractivity contribution is 5.95. The molecule has 7 nitrogen and oxygen atoms in total. The van der Waals surface area contributed by atoms with Gasteiger partial charge in [0.15, 0.2) is 5.92 Å². The summed E-state index contributed by atoms with van der Waals surface area (Å²) in [7, 11) is 1.81. The standard InChI is InChI=1S/C18H22N2O5/c1-4-24-17(22)15(18(23)25-5-2)9-13-8-12(6-7-16(13)21)14-10-19-20(3)11-14/h6-8,10-11,15,21H,4-5,9H2,1-3H3. The second-order valence-electron chi connectivity index (χ2n) is 5.51. The third-order valence-corrected chi connectivity index (χ3v) is 3.68. The van der Waals surface area contributed by atoms with E-state index in [2.05, 4.69) is 5.10 Å². The van der Waals surface area contributed by atoms with Crippen LogP contribution in [0.25, 0.3) is 11.1 Å². The minimum atomic E-state index is -1.12. The van der Waals surface area contributed by atoms with E-state index in [1.807, 2.05) is 13.2 Å². The third kappa shape index (κ3) is 4.59. The summed E-state index contributed by atoms with van der Waals surface area (Å²) < 4.78 is 11.6. The van der Waals surface area contributed by atoms with Crippen LogP contribution in [0.2, 0.25) is 0 Å². The van der Waals surface area contributed by atoms with Gasteiger partial charge in [-0.15, -0.1) is 0 Å². The van der Waals surface area contributed by atoms with Crippen LogP contribution in [-0.4, -0.2) is 40.0 Å². The van der Waals surface area contributed by atoms with Crippen molar-refractivity contribution in [3.8, 4) is 16.9 Å². The number of esters is 2. The normalized spacial score (nSPS) is 10.7. The summed E-state index contributed by atoms with van der Waals surface area (Å²) in [6, 6.07) is 5.02. The highest BCUT2D eigenvalue weighted by Crippen LogP contribution is 2.28. The molecule has 134 valence electrons. The van der Waals surface area contributed by atoms with Crippen molar-refractivity contribution < 1.29 is 24.2 Å². The zero-order chi connectivity index (χ0) is 18.4. The minimum Gasteiger partial charge on any atom is -0.508 e. The van der Waals surface area contributed by atoms with E-state index in [1.54, 1.807) is 36.9 Å². The number of ether oxygens (including phenoxy) is 2. The van der Waals surface area contributed by atoms with Crippen molar-refractivity contribution in [2.45, 2.75) is 20.3 Å². The Morgan fingerprint density at radius 2 is 1.80 bits per heavy atom. The molecular weight excluding hydrogens is 324 g/mol. The summed E-state index contributed by atoms with van der Waals surface area (Å²) in [6.45, 7) is 3.66. The zero-order valence-corrected chi connectivity index (χ0v) is 14.6. The Bertz CT molecular complexity index is 736. The number of rotatable bonds is 7. The fraction of sp³-hybridized carbons (Fsp3) is 0.389. The van der Waals surface area contributed by atoms with E-state index in [4.69, 9.17) is 9.47 Å². The van der Waals surface area contributed by atoms with E-state index < -0.39 is 17.9 Å². The molecule has 0 spiro atoms. The van der Waals surface area contributed by atoms with Crippen LogP contribution in [0.3, 0.4) is 0 Å². The maximum absolute atomic E-state index is 12.1. The first kappa shape index (κ1) is 18.5. The van der Waals surface area contributed by atoms with E-state index in [-0.39, 0.29) is 25.4 Å². The molecule has 0 fully saturated rings. The molecule has 0 bridgehead atoms. The van der Waals surface area contributed by atoms with Crippen LogP contribution in [0.1, 0.15) is 19.4 Å². The second-order valence-corrected chi connectivity index (χ2v) is 5.51. The molecule has 0 aliphatic carbocycles. The van der Waals surface area contributed by atoms with Crippen molar-refractivity contribution >= 4 is 11.9 Å². The molecule has 0 aliphatic heterocycles. The Morgan fingerprint density at radius 3 is 2.32 bits per heavy atom. The summed E-state index contributed by atoms with van der Waals surface area (Å²) >= 11 is 0. The molecule has 1 N–H and O–H groups in total. The number of aromatic nitrogens is 2. The predicted octanol–water partition coefficient (Wildman–Crippen LogP) is 2.08. The Balaban J connectivity index is 2.31. The molecule has 0 radical (unpaired) electrons. The van der Waals surface area contributed by atoms with E-state index in [1.165, 1.54) is 6.07 Å². The Labute approximate surface area is 146 Å². The van der Waals surface area contributed by atoms with Gasteiger partial charge in [0.25, 0.3) is 0 Å². The Kier molecular flexibility index (Phi) is 6.16. The van der Waals surface area contributed by atoms with Gasteiger partial charge in [0, 0.05) is 18.8 Å². The average Bonchev–Trinajstić information content (AvgIpc) is 3.00. The van der Waals surface area contributed by atoms with Gasteiger partial charge in [-0.3, -0.25) is 14.3 Å². The Morgan fingerprint density at radius 1 is 1.16 bits per heavy atom. The highest BCUT2D eigenvalue weighted by Gasteiger charge is 2.30. The molecule has 0 unspecified atom stereocenters. The molecule has 0 aliphatic rings. The molecule has 1 aromatic heterocycles.